The van der Waals surface area contributed by atoms with Gasteiger partial charge in [-0.2, -0.15) is 11.8 Å². The molecule has 15 heavy (non-hydrogen) atoms. The Hall–Kier alpha value is -0.540. The summed E-state index contributed by atoms with van der Waals surface area (Å²) < 4.78 is 0. The predicted molar refractivity (Wildman–Crippen MR) is 66.2 cm³/mol. The molecule has 0 bridgehead atoms. The van der Waals surface area contributed by atoms with E-state index in [1.165, 1.54) is 35.5 Å². The van der Waals surface area contributed by atoms with Crippen LogP contribution in [-0.4, -0.2) is 22.5 Å². The van der Waals surface area contributed by atoms with Crippen LogP contribution < -0.4 is 5.32 Å². The Morgan fingerprint density at radius 2 is 2.53 bits per heavy atom. The summed E-state index contributed by atoms with van der Waals surface area (Å²) >= 11 is 2.07. The zero-order valence-electron chi connectivity index (χ0n) is 9.20. The van der Waals surface area contributed by atoms with Gasteiger partial charge in [-0.05, 0) is 42.7 Å². The molecular formula is C12H18N2S. The van der Waals surface area contributed by atoms with Crippen LogP contribution in [0.2, 0.25) is 0 Å². The van der Waals surface area contributed by atoms with Crippen molar-refractivity contribution in [1.82, 2.24) is 10.3 Å². The van der Waals surface area contributed by atoms with Crippen molar-refractivity contribution < 1.29 is 0 Å². The van der Waals surface area contributed by atoms with Crippen molar-refractivity contribution in [2.45, 2.75) is 32.4 Å². The van der Waals surface area contributed by atoms with Crippen LogP contribution in [0.15, 0.2) is 18.5 Å². The summed E-state index contributed by atoms with van der Waals surface area (Å²) in [5.74, 6) is 2.61. The standard InChI is InChI=1S/C12H18N2S/c1-10-7-13-5-4-11(10)8-14-12-3-2-6-15-9-12/h4-5,7,12,14H,2-3,6,8-9H2,1H3. The van der Waals surface area contributed by atoms with Crippen molar-refractivity contribution in [3.63, 3.8) is 0 Å². The summed E-state index contributed by atoms with van der Waals surface area (Å²) in [6, 6.07) is 2.81. The minimum Gasteiger partial charge on any atom is -0.309 e. The smallest absolute Gasteiger partial charge is 0.0300 e. The lowest BCUT2D eigenvalue weighted by molar-refractivity contribution is 0.507. The Kier molecular flexibility index (Phi) is 4.03. The molecule has 1 saturated heterocycles. The zero-order valence-corrected chi connectivity index (χ0v) is 10.0. The molecule has 3 heteroatoms. The summed E-state index contributed by atoms with van der Waals surface area (Å²) in [6.07, 6.45) is 6.50. The second kappa shape index (κ2) is 5.52. The molecule has 0 aliphatic carbocycles. The monoisotopic (exact) mass is 222 g/mol. The second-order valence-electron chi connectivity index (χ2n) is 4.10. The fraction of sp³-hybridized carbons (Fsp3) is 0.583. The van der Waals surface area contributed by atoms with Crippen molar-refractivity contribution in [1.29, 1.82) is 0 Å². The number of pyridine rings is 1. The van der Waals surface area contributed by atoms with Crippen LogP contribution in [0.4, 0.5) is 0 Å². The Morgan fingerprint density at radius 3 is 3.27 bits per heavy atom. The minimum atomic E-state index is 0.705. The molecule has 0 aromatic carbocycles. The molecule has 1 fully saturated rings. The van der Waals surface area contributed by atoms with Crippen molar-refractivity contribution in [3.05, 3.63) is 29.6 Å². The van der Waals surface area contributed by atoms with Gasteiger partial charge in [0.05, 0.1) is 0 Å². The number of hydrogen-bond acceptors (Lipinski definition) is 3. The highest BCUT2D eigenvalue weighted by molar-refractivity contribution is 7.99. The third kappa shape index (κ3) is 3.21. The third-order valence-electron chi connectivity index (χ3n) is 2.88. The van der Waals surface area contributed by atoms with Crippen molar-refractivity contribution in [3.8, 4) is 0 Å². The molecule has 0 amide bonds. The van der Waals surface area contributed by atoms with E-state index in [1.807, 2.05) is 12.4 Å². The molecule has 1 aromatic rings. The van der Waals surface area contributed by atoms with Gasteiger partial charge in [-0.3, -0.25) is 4.98 Å². The van der Waals surface area contributed by atoms with Gasteiger partial charge >= 0.3 is 0 Å². The first kappa shape index (κ1) is 11.0. The van der Waals surface area contributed by atoms with E-state index in [0.717, 1.165) is 6.54 Å². The summed E-state index contributed by atoms with van der Waals surface area (Å²) in [5.41, 5.74) is 2.66. The minimum absolute atomic E-state index is 0.705. The van der Waals surface area contributed by atoms with Gasteiger partial charge in [0.2, 0.25) is 0 Å². The average molecular weight is 222 g/mol. The number of aryl methyl sites for hydroxylation is 1. The van der Waals surface area contributed by atoms with Crippen LogP contribution in [0.5, 0.6) is 0 Å². The van der Waals surface area contributed by atoms with Gasteiger partial charge in [0.1, 0.15) is 0 Å². The van der Waals surface area contributed by atoms with E-state index < -0.39 is 0 Å². The SMILES string of the molecule is Cc1cnccc1CNC1CCCSC1. The molecule has 1 aliphatic heterocycles. The van der Waals surface area contributed by atoms with Crippen LogP contribution in [0.3, 0.4) is 0 Å². The lowest BCUT2D eigenvalue weighted by Crippen LogP contribution is -2.33. The first-order chi connectivity index (χ1) is 7.36. The van der Waals surface area contributed by atoms with Gasteiger partial charge in [0.15, 0.2) is 0 Å². The third-order valence-corrected chi connectivity index (χ3v) is 4.09. The van der Waals surface area contributed by atoms with Gasteiger partial charge in [0, 0.05) is 30.7 Å². The van der Waals surface area contributed by atoms with E-state index in [4.69, 9.17) is 0 Å². The van der Waals surface area contributed by atoms with E-state index >= 15 is 0 Å². The topological polar surface area (TPSA) is 24.9 Å². The van der Waals surface area contributed by atoms with E-state index in [9.17, 15) is 0 Å². The van der Waals surface area contributed by atoms with Crippen molar-refractivity contribution in [2.24, 2.45) is 0 Å². The number of thioether (sulfide) groups is 1. The molecule has 2 nitrogen and oxygen atoms in total. The Morgan fingerprint density at radius 1 is 1.60 bits per heavy atom. The first-order valence-corrected chi connectivity index (χ1v) is 6.72. The van der Waals surface area contributed by atoms with E-state index in [2.05, 4.69) is 35.1 Å². The van der Waals surface area contributed by atoms with Crippen LogP contribution in [0, 0.1) is 6.92 Å². The molecule has 1 unspecified atom stereocenters. The number of nitrogens with zero attached hydrogens (tertiary/aromatic N) is 1. The maximum absolute atomic E-state index is 4.11. The molecular weight excluding hydrogens is 204 g/mol. The van der Waals surface area contributed by atoms with Crippen molar-refractivity contribution >= 4 is 11.8 Å². The Bertz CT molecular complexity index is 308. The summed E-state index contributed by atoms with van der Waals surface area (Å²) in [5, 5.41) is 3.63. The normalized spacial score (nSPS) is 21.5. The van der Waals surface area contributed by atoms with Gasteiger partial charge in [-0.25, -0.2) is 0 Å². The largest absolute Gasteiger partial charge is 0.309 e. The Labute approximate surface area is 95.9 Å². The number of nitrogens with one attached hydrogen (secondary N) is 1. The summed E-state index contributed by atoms with van der Waals surface area (Å²) in [4.78, 5) is 4.11. The molecule has 1 aromatic heterocycles. The van der Waals surface area contributed by atoms with Gasteiger partial charge in [-0.15, -0.1) is 0 Å². The second-order valence-corrected chi connectivity index (χ2v) is 5.25. The molecule has 0 spiro atoms. The summed E-state index contributed by atoms with van der Waals surface area (Å²) in [6.45, 7) is 3.11. The quantitative estimate of drug-likeness (QED) is 0.850. The van der Waals surface area contributed by atoms with E-state index in [-0.39, 0.29) is 0 Å². The van der Waals surface area contributed by atoms with Gasteiger partial charge < -0.3 is 5.32 Å². The molecule has 1 aliphatic rings. The molecule has 82 valence electrons. The van der Waals surface area contributed by atoms with Gasteiger partial charge in [0.25, 0.3) is 0 Å². The molecule has 0 radical (unpaired) electrons. The lowest BCUT2D eigenvalue weighted by atomic mass is 10.1. The van der Waals surface area contributed by atoms with Gasteiger partial charge in [-0.1, -0.05) is 0 Å². The van der Waals surface area contributed by atoms with Crippen LogP contribution >= 0.6 is 11.8 Å². The molecule has 1 N–H and O–H groups in total. The van der Waals surface area contributed by atoms with E-state index in [1.54, 1.807) is 0 Å². The number of hydrogen-bond donors (Lipinski definition) is 1. The zero-order chi connectivity index (χ0) is 10.5. The number of rotatable bonds is 3. The lowest BCUT2D eigenvalue weighted by Gasteiger charge is -2.22. The molecule has 1 atom stereocenters. The van der Waals surface area contributed by atoms with E-state index in [0.29, 0.717) is 6.04 Å². The Balaban J connectivity index is 1.84. The maximum Gasteiger partial charge on any atom is 0.0300 e. The highest BCUT2D eigenvalue weighted by Crippen LogP contribution is 2.17. The fourth-order valence-corrected chi connectivity index (χ4v) is 2.96. The maximum atomic E-state index is 4.11. The molecule has 2 heterocycles. The van der Waals surface area contributed by atoms with Crippen LogP contribution in [-0.2, 0) is 6.54 Å². The molecule has 0 saturated carbocycles. The summed E-state index contributed by atoms with van der Waals surface area (Å²) in [7, 11) is 0. The van der Waals surface area contributed by atoms with Crippen LogP contribution in [0.1, 0.15) is 24.0 Å². The van der Waals surface area contributed by atoms with Crippen LogP contribution in [0.25, 0.3) is 0 Å². The average Bonchev–Trinajstić information content (AvgIpc) is 2.29. The number of aromatic nitrogens is 1. The fourth-order valence-electron chi connectivity index (χ4n) is 1.86. The molecule has 2 rings (SSSR count). The predicted octanol–water partition coefficient (Wildman–Crippen LogP) is 2.38. The highest BCUT2D eigenvalue weighted by Gasteiger charge is 2.12. The highest BCUT2D eigenvalue weighted by atomic mass is 32.2. The van der Waals surface area contributed by atoms with Crippen molar-refractivity contribution in [2.75, 3.05) is 11.5 Å². The first-order valence-electron chi connectivity index (χ1n) is 5.57.